The minimum Gasteiger partial charge on any atom is -0.405 e. The molecule has 0 saturated heterocycles. The summed E-state index contributed by atoms with van der Waals surface area (Å²) in [6.07, 6.45) is 12.8. The van der Waals surface area contributed by atoms with Crippen LogP contribution in [0, 0.1) is 29.6 Å². The van der Waals surface area contributed by atoms with E-state index in [9.17, 15) is 0 Å². The van der Waals surface area contributed by atoms with Crippen LogP contribution in [-0.2, 0) is 0 Å². The number of nitrogens with zero attached hydrogens (tertiary/aromatic N) is 3. The summed E-state index contributed by atoms with van der Waals surface area (Å²) in [6.45, 7) is 8.03. The number of fused-ring (bicyclic) bond motifs is 1. The highest BCUT2D eigenvalue weighted by Crippen LogP contribution is 2.34. The first kappa shape index (κ1) is 25.6. The maximum Gasteiger partial charge on any atom is 0.117 e. The number of para-hydroxylation sites is 1. The highest BCUT2D eigenvalue weighted by molar-refractivity contribution is 5.93. The summed E-state index contributed by atoms with van der Waals surface area (Å²) in [4.78, 5) is 0. The van der Waals surface area contributed by atoms with Gasteiger partial charge in [-0.05, 0) is 84.3 Å². The Balaban J connectivity index is 2.37. The topological polar surface area (TPSA) is 105 Å². The largest absolute Gasteiger partial charge is 0.405 e. The Bertz CT molecular complexity index is 1510. The molecular weight excluding hydrogens is 442 g/mol. The highest BCUT2D eigenvalue weighted by atomic mass is 15.0. The van der Waals surface area contributed by atoms with Crippen LogP contribution in [0.15, 0.2) is 109 Å². The summed E-state index contributed by atoms with van der Waals surface area (Å²) in [7, 11) is 0. The van der Waals surface area contributed by atoms with Crippen molar-refractivity contribution in [1.82, 2.24) is 4.57 Å². The van der Waals surface area contributed by atoms with E-state index in [1.165, 1.54) is 6.20 Å². The lowest BCUT2D eigenvalue weighted by Gasteiger charge is -2.12. The minimum absolute atomic E-state index is 0.154. The number of hydrogen-bond donors (Lipinski definition) is 2. The molecule has 0 aliphatic carbocycles. The van der Waals surface area contributed by atoms with Crippen LogP contribution < -0.4 is 11.5 Å². The molecule has 0 atom stereocenters. The molecule has 4 N–H and O–H groups in total. The molecule has 0 radical (unpaired) electrons. The maximum atomic E-state index is 9.15. The van der Waals surface area contributed by atoms with Crippen molar-refractivity contribution in [1.29, 1.82) is 10.5 Å². The molecule has 0 amide bonds. The number of hydrogen-bond acceptors (Lipinski definition) is 4. The molecule has 0 saturated carbocycles. The molecule has 0 spiro atoms. The summed E-state index contributed by atoms with van der Waals surface area (Å²) in [5, 5.41) is 19.3. The predicted molar refractivity (Wildman–Crippen MR) is 149 cm³/mol. The zero-order valence-electron chi connectivity index (χ0n) is 20.6. The fourth-order valence-corrected chi connectivity index (χ4v) is 4.16. The van der Waals surface area contributed by atoms with Gasteiger partial charge in [0, 0.05) is 11.1 Å². The van der Waals surface area contributed by atoms with Gasteiger partial charge in [-0.3, -0.25) is 0 Å². The van der Waals surface area contributed by atoms with E-state index < -0.39 is 0 Å². The Morgan fingerprint density at radius 2 is 1.86 bits per heavy atom. The first-order chi connectivity index (χ1) is 17.5. The zero-order chi connectivity index (χ0) is 26.1. The number of allylic oxidation sites excluding steroid dienone is 9. The summed E-state index contributed by atoms with van der Waals surface area (Å²) >= 11 is 0. The van der Waals surface area contributed by atoms with Gasteiger partial charge < -0.3 is 16.0 Å². The molecule has 0 fully saturated rings. The van der Waals surface area contributed by atoms with Crippen molar-refractivity contribution < 1.29 is 0 Å². The molecule has 3 aromatic rings. The van der Waals surface area contributed by atoms with Crippen LogP contribution in [-0.4, -0.2) is 4.57 Å². The Morgan fingerprint density at radius 3 is 2.47 bits per heavy atom. The van der Waals surface area contributed by atoms with Gasteiger partial charge in [0.15, 0.2) is 0 Å². The number of aromatic nitrogens is 1. The van der Waals surface area contributed by atoms with E-state index in [0.717, 1.165) is 50.1 Å². The van der Waals surface area contributed by atoms with Gasteiger partial charge in [0.05, 0.1) is 23.7 Å². The number of benzene rings is 2. The normalized spacial score (nSPS) is 13.1. The van der Waals surface area contributed by atoms with Crippen molar-refractivity contribution >= 4 is 22.6 Å². The second kappa shape index (κ2) is 11.9. The Labute approximate surface area is 212 Å². The summed E-state index contributed by atoms with van der Waals surface area (Å²) in [5.74, 6) is 0. The fourth-order valence-electron chi connectivity index (χ4n) is 4.16. The number of rotatable bonds is 8. The quantitative estimate of drug-likeness (QED) is 0.285. The predicted octanol–water partition coefficient (Wildman–Crippen LogP) is 6.59. The summed E-state index contributed by atoms with van der Waals surface area (Å²) in [6, 6.07) is 20.5. The first-order valence-electron chi connectivity index (χ1n) is 11.5. The maximum absolute atomic E-state index is 9.15. The molecule has 5 heteroatoms. The number of aryl methyl sites for hydroxylation is 1. The highest BCUT2D eigenvalue weighted by Gasteiger charge is 2.16. The Morgan fingerprint density at radius 1 is 1.11 bits per heavy atom. The van der Waals surface area contributed by atoms with Gasteiger partial charge in [-0.2, -0.15) is 10.5 Å². The smallest absolute Gasteiger partial charge is 0.117 e. The number of nitriles is 2. The standard InChI is InChI=1S/C31H29N5/c1-4-23(18-27(35)21-34)26-13-14-29-22(3)30(19-24(5-2)25(15-17-33)10-9-16-32)36(31(29)20-26)28-11-7-6-8-12-28/h4-8,10-15,17-20H,2,9,33,35H2,1,3H3/b17-15-,23-4+,24-19+,25-10+,27-18-. The van der Waals surface area contributed by atoms with Gasteiger partial charge in [-0.25, -0.2) is 0 Å². The van der Waals surface area contributed by atoms with Crippen molar-refractivity contribution in [3.05, 3.63) is 125 Å². The molecule has 2 aromatic carbocycles. The third kappa shape index (κ3) is 5.38. The van der Waals surface area contributed by atoms with E-state index in [2.05, 4.69) is 54.5 Å². The van der Waals surface area contributed by atoms with Crippen LogP contribution in [0.3, 0.4) is 0 Å². The van der Waals surface area contributed by atoms with Crippen LogP contribution in [0.5, 0.6) is 0 Å². The van der Waals surface area contributed by atoms with Crippen LogP contribution in [0.1, 0.15) is 30.2 Å². The van der Waals surface area contributed by atoms with Crippen LogP contribution in [0.4, 0.5) is 0 Å². The summed E-state index contributed by atoms with van der Waals surface area (Å²) in [5.41, 5.74) is 19.3. The molecule has 5 nitrogen and oxygen atoms in total. The van der Waals surface area contributed by atoms with Gasteiger partial charge in [-0.1, -0.05) is 55.1 Å². The molecule has 0 unspecified atom stereocenters. The van der Waals surface area contributed by atoms with Gasteiger partial charge in [0.2, 0.25) is 0 Å². The third-order valence-corrected chi connectivity index (χ3v) is 5.90. The Kier molecular flexibility index (Phi) is 8.49. The van der Waals surface area contributed by atoms with Gasteiger partial charge in [0.25, 0.3) is 0 Å². The monoisotopic (exact) mass is 471 g/mol. The average molecular weight is 472 g/mol. The van der Waals surface area contributed by atoms with Crippen LogP contribution >= 0.6 is 0 Å². The SMILES string of the molecule is C=CC(=C\c1c(C)c2ccc(C(/C=C(\N)C#N)=C/C)cc2n1-c1ccccc1)/C(/C=C\N)=C/CC#N. The van der Waals surface area contributed by atoms with Crippen molar-refractivity contribution in [2.24, 2.45) is 11.5 Å². The molecule has 0 aliphatic heterocycles. The third-order valence-electron chi connectivity index (χ3n) is 5.90. The van der Waals surface area contributed by atoms with E-state index >= 15 is 0 Å². The molecule has 1 aromatic heterocycles. The van der Waals surface area contributed by atoms with Crippen molar-refractivity contribution in [2.45, 2.75) is 20.3 Å². The molecule has 1 heterocycles. The fraction of sp³-hybridized carbons (Fsp3) is 0.0968. The lowest BCUT2D eigenvalue weighted by molar-refractivity contribution is 1.09. The van der Waals surface area contributed by atoms with Gasteiger partial charge >= 0.3 is 0 Å². The second-order valence-corrected chi connectivity index (χ2v) is 8.05. The molecule has 3 rings (SSSR count). The van der Waals surface area contributed by atoms with Crippen molar-refractivity contribution in [3.8, 4) is 17.8 Å². The van der Waals surface area contributed by atoms with Crippen molar-refractivity contribution in [3.63, 3.8) is 0 Å². The molecular formula is C31H29N5. The van der Waals surface area contributed by atoms with Crippen LogP contribution in [0.2, 0.25) is 0 Å². The lowest BCUT2D eigenvalue weighted by Crippen LogP contribution is -1.99. The van der Waals surface area contributed by atoms with Crippen LogP contribution in [0.25, 0.3) is 28.2 Å². The molecule has 0 bridgehead atoms. The Hall–Kier alpha value is -5.00. The van der Waals surface area contributed by atoms with Gasteiger partial charge in [-0.15, -0.1) is 0 Å². The van der Waals surface area contributed by atoms with E-state index in [1.54, 1.807) is 18.2 Å². The van der Waals surface area contributed by atoms with E-state index in [1.807, 2.05) is 49.4 Å². The second-order valence-electron chi connectivity index (χ2n) is 8.05. The molecule has 0 aliphatic rings. The van der Waals surface area contributed by atoms with E-state index in [0.29, 0.717) is 0 Å². The van der Waals surface area contributed by atoms with Gasteiger partial charge in [0.1, 0.15) is 11.8 Å². The average Bonchev–Trinajstić information content (AvgIpc) is 3.18. The lowest BCUT2D eigenvalue weighted by atomic mass is 10.0. The number of nitrogens with two attached hydrogens (primary N) is 2. The minimum atomic E-state index is 0.154. The van der Waals surface area contributed by atoms with Crippen molar-refractivity contribution in [2.75, 3.05) is 0 Å². The molecule has 178 valence electrons. The summed E-state index contributed by atoms with van der Waals surface area (Å²) < 4.78 is 2.20. The first-order valence-corrected chi connectivity index (χ1v) is 11.5. The molecule has 36 heavy (non-hydrogen) atoms. The van der Waals surface area contributed by atoms with E-state index in [4.69, 9.17) is 22.0 Å². The zero-order valence-corrected chi connectivity index (χ0v) is 20.6. The van der Waals surface area contributed by atoms with E-state index in [-0.39, 0.29) is 12.1 Å².